The number of rotatable bonds is 3. The third kappa shape index (κ3) is 2.82. The van der Waals surface area contributed by atoms with Crippen molar-refractivity contribution in [3.63, 3.8) is 0 Å². The fraction of sp³-hybridized carbons (Fsp3) is 0.143. The van der Waals surface area contributed by atoms with Gasteiger partial charge in [-0.2, -0.15) is 0 Å². The lowest BCUT2D eigenvalue weighted by molar-refractivity contribution is 0.102. The number of hydrogen-bond donors (Lipinski definition) is 2. The minimum atomic E-state index is -0.255. The van der Waals surface area contributed by atoms with Gasteiger partial charge >= 0.3 is 0 Å². The van der Waals surface area contributed by atoms with Crippen LogP contribution in [0.5, 0.6) is 5.75 Å². The molecule has 5 heteroatoms. The molecule has 5 nitrogen and oxygen atoms in total. The monoisotopic (exact) mass is 257 g/mol. The van der Waals surface area contributed by atoms with Gasteiger partial charge in [0.05, 0.1) is 12.7 Å². The summed E-state index contributed by atoms with van der Waals surface area (Å²) in [7, 11) is 1.55. The third-order valence-electron chi connectivity index (χ3n) is 2.77. The molecule has 0 fully saturated rings. The second-order valence-corrected chi connectivity index (χ2v) is 4.10. The summed E-state index contributed by atoms with van der Waals surface area (Å²) in [6.45, 7) is 1.87. The molecule has 0 spiro atoms. The number of aromatic nitrogens is 1. The maximum absolute atomic E-state index is 12.1. The molecule has 19 heavy (non-hydrogen) atoms. The Balaban J connectivity index is 2.23. The lowest BCUT2D eigenvalue weighted by Gasteiger charge is -2.10. The maximum Gasteiger partial charge on any atom is 0.257 e. The number of anilines is 2. The standard InChI is InChI=1S/C14H15N3O2/c1-9-8-16-6-5-13(9)17-14(18)11-4-3-10(19-2)7-12(11)15/h3-8H,15H2,1-2H3,(H,16,17,18). The summed E-state index contributed by atoms with van der Waals surface area (Å²) in [6, 6.07) is 6.70. The fourth-order valence-electron chi connectivity index (χ4n) is 1.68. The van der Waals surface area contributed by atoms with Crippen LogP contribution in [0.2, 0.25) is 0 Å². The van der Waals surface area contributed by atoms with Crippen molar-refractivity contribution in [2.24, 2.45) is 0 Å². The number of carbonyl (C=O) groups is 1. The number of aryl methyl sites for hydroxylation is 1. The Hall–Kier alpha value is -2.56. The predicted molar refractivity (Wildman–Crippen MR) is 74.3 cm³/mol. The van der Waals surface area contributed by atoms with Gasteiger partial charge in [0.1, 0.15) is 5.75 Å². The molecule has 0 atom stereocenters. The highest BCUT2D eigenvalue weighted by molar-refractivity contribution is 6.08. The van der Waals surface area contributed by atoms with Crippen molar-refractivity contribution < 1.29 is 9.53 Å². The molecule has 0 aliphatic heterocycles. The van der Waals surface area contributed by atoms with Crippen molar-refractivity contribution in [2.45, 2.75) is 6.92 Å². The van der Waals surface area contributed by atoms with Crippen molar-refractivity contribution in [3.8, 4) is 5.75 Å². The van der Waals surface area contributed by atoms with E-state index in [1.54, 1.807) is 43.8 Å². The first-order valence-electron chi connectivity index (χ1n) is 5.77. The van der Waals surface area contributed by atoms with Gasteiger partial charge in [0.2, 0.25) is 0 Å². The minimum absolute atomic E-state index is 0.255. The molecule has 1 heterocycles. The molecule has 0 saturated heterocycles. The number of nitrogens with two attached hydrogens (primary N) is 1. The Morgan fingerprint density at radius 2 is 2.16 bits per heavy atom. The highest BCUT2D eigenvalue weighted by Gasteiger charge is 2.11. The summed E-state index contributed by atoms with van der Waals surface area (Å²) in [6.07, 6.45) is 3.31. The van der Waals surface area contributed by atoms with Gasteiger partial charge in [-0.3, -0.25) is 9.78 Å². The molecule has 0 bridgehead atoms. The average Bonchev–Trinajstić information content (AvgIpc) is 2.41. The average molecular weight is 257 g/mol. The van der Waals surface area contributed by atoms with Crippen LogP contribution in [0.4, 0.5) is 11.4 Å². The first kappa shape index (κ1) is 12.9. The lowest BCUT2D eigenvalue weighted by atomic mass is 10.1. The molecule has 0 aliphatic carbocycles. The van der Waals surface area contributed by atoms with E-state index in [1.165, 1.54) is 0 Å². The predicted octanol–water partition coefficient (Wildman–Crippen LogP) is 2.23. The largest absolute Gasteiger partial charge is 0.497 e. The quantitative estimate of drug-likeness (QED) is 0.827. The van der Waals surface area contributed by atoms with E-state index in [0.29, 0.717) is 17.0 Å². The van der Waals surface area contributed by atoms with E-state index in [2.05, 4.69) is 10.3 Å². The number of amides is 1. The zero-order chi connectivity index (χ0) is 13.8. The Bertz CT molecular complexity index is 611. The van der Waals surface area contributed by atoms with Gasteiger partial charge in [0.25, 0.3) is 5.91 Å². The molecule has 98 valence electrons. The number of pyridine rings is 1. The summed E-state index contributed by atoms with van der Waals surface area (Å²) in [5.74, 6) is 0.364. The molecule has 1 aromatic heterocycles. The molecule has 3 N–H and O–H groups in total. The van der Waals surface area contributed by atoms with Gasteiger partial charge in [-0.05, 0) is 30.7 Å². The number of carbonyl (C=O) groups excluding carboxylic acids is 1. The number of nitrogen functional groups attached to an aromatic ring is 1. The Kier molecular flexibility index (Phi) is 3.66. The van der Waals surface area contributed by atoms with Crippen LogP contribution in [0.25, 0.3) is 0 Å². The molecule has 0 aliphatic rings. The smallest absolute Gasteiger partial charge is 0.257 e. The van der Waals surface area contributed by atoms with Gasteiger partial charge in [-0.1, -0.05) is 0 Å². The number of methoxy groups -OCH3 is 1. The molecule has 0 radical (unpaired) electrons. The Morgan fingerprint density at radius 3 is 2.79 bits per heavy atom. The highest BCUT2D eigenvalue weighted by Crippen LogP contribution is 2.21. The molecular formula is C14H15N3O2. The molecule has 1 aromatic carbocycles. The summed E-state index contributed by atoms with van der Waals surface area (Å²) >= 11 is 0. The SMILES string of the molecule is COc1ccc(C(=O)Nc2ccncc2C)c(N)c1. The lowest BCUT2D eigenvalue weighted by Crippen LogP contribution is -2.14. The van der Waals surface area contributed by atoms with Gasteiger partial charge < -0.3 is 15.8 Å². The van der Waals surface area contributed by atoms with Gasteiger partial charge in [-0.25, -0.2) is 0 Å². The maximum atomic E-state index is 12.1. The summed E-state index contributed by atoms with van der Waals surface area (Å²) in [4.78, 5) is 16.1. The second kappa shape index (κ2) is 5.39. The number of hydrogen-bond acceptors (Lipinski definition) is 4. The minimum Gasteiger partial charge on any atom is -0.497 e. The van der Waals surface area contributed by atoms with E-state index < -0.39 is 0 Å². The normalized spacial score (nSPS) is 10.0. The first-order chi connectivity index (χ1) is 9.11. The summed E-state index contributed by atoms with van der Waals surface area (Å²) in [5.41, 5.74) is 8.24. The van der Waals surface area contributed by atoms with Gasteiger partial charge in [0, 0.05) is 29.8 Å². The van der Waals surface area contributed by atoms with Crippen LogP contribution in [-0.4, -0.2) is 18.0 Å². The van der Waals surface area contributed by atoms with Crippen molar-refractivity contribution in [2.75, 3.05) is 18.2 Å². The Labute approximate surface area is 111 Å². The van der Waals surface area contributed by atoms with Crippen molar-refractivity contribution in [1.82, 2.24) is 4.98 Å². The van der Waals surface area contributed by atoms with Gasteiger partial charge in [0.15, 0.2) is 0 Å². The number of benzene rings is 1. The molecule has 2 aromatic rings. The van der Waals surface area contributed by atoms with Crippen LogP contribution in [0, 0.1) is 6.92 Å². The fourth-order valence-corrected chi connectivity index (χ4v) is 1.68. The Morgan fingerprint density at radius 1 is 1.37 bits per heavy atom. The summed E-state index contributed by atoms with van der Waals surface area (Å²) < 4.78 is 5.05. The van der Waals surface area contributed by atoms with Crippen molar-refractivity contribution in [3.05, 3.63) is 47.8 Å². The van der Waals surface area contributed by atoms with E-state index in [9.17, 15) is 4.79 Å². The zero-order valence-electron chi connectivity index (χ0n) is 10.8. The van der Waals surface area contributed by atoms with Gasteiger partial charge in [-0.15, -0.1) is 0 Å². The zero-order valence-corrected chi connectivity index (χ0v) is 10.8. The highest BCUT2D eigenvalue weighted by atomic mass is 16.5. The van der Waals surface area contributed by atoms with Crippen molar-refractivity contribution >= 4 is 17.3 Å². The topological polar surface area (TPSA) is 77.2 Å². The van der Waals surface area contributed by atoms with Crippen LogP contribution in [0.1, 0.15) is 15.9 Å². The molecule has 2 rings (SSSR count). The van der Waals surface area contributed by atoms with Crippen molar-refractivity contribution in [1.29, 1.82) is 0 Å². The van der Waals surface area contributed by atoms with Crippen LogP contribution >= 0.6 is 0 Å². The number of nitrogens with one attached hydrogen (secondary N) is 1. The van der Waals surface area contributed by atoms with Crippen LogP contribution in [0.3, 0.4) is 0 Å². The van der Waals surface area contributed by atoms with Crippen LogP contribution < -0.4 is 15.8 Å². The molecule has 0 saturated carbocycles. The number of nitrogens with zero attached hydrogens (tertiary/aromatic N) is 1. The van der Waals surface area contributed by atoms with E-state index in [4.69, 9.17) is 10.5 Å². The van der Waals surface area contributed by atoms with E-state index in [1.807, 2.05) is 6.92 Å². The molecule has 1 amide bonds. The molecule has 0 unspecified atom stereocenters. The number of ether oxygens (including phenoxy) is 1. The first-order valence-corrected chi connectivity index (χ1v) is 5.77. The van der Waals surface area contributed by atoms with Crippen LogP contribution in [-0.2, 0) is 0 Å². The summed E-state index contributed by atoms with van der Waals surface area (Å²) in [5, 5.41) is 2.81. The molecular weight excluding hydrogens is 242 g/mol. The van der Waals surface area contributed by atoms with E-state index >= 15 is 0 Å². The van der Waals surface area contributed by atoms with Crippen LogP contribution in [0.15, 0.2) is 36.7 Å². The third-order valence-corrected chi connectivity index (χ3v) is 2.77. The van der Waals surface area contributed by atoms with E-state index in [0.717, 1.165) is 11.3 Å². The second-order valence-electron chi connectivity index (χ2n) is 4.10. The van der Waals surface area contributed by atoms with E-state index in [-0.39, 0.29) is 5.91 Å².